The number of aliphatic hydroxyl groups is 2. The molecule has 4 N–H and O–H groups in total. The van der Waals surface area contributed by atoms with Crippen LogP contribution in [-0.2, 0) is 0 Å². The molecule has 0 atom stereocenters. The number of aliphatic hydroxyl groups excluding tert-OH is 2. The van der Waals surface area contributed by atoms with Crippen LogP contribution in [0, 0.1) is 0 Å². The molecule has 5 aromatic rings. The molecule has 0 aromatic heterocycles. The van der Waals surface area contributed by atoms with Gasteiger partial charge in [-0.25, -0.2) is 0 Å². The molecule has 0 aliphatic heterocycles. The van der Waals surface area contributed by atoms with Crippen LogP contribution in [-0.4, -0.2) is 51.8 Å². The molecule has 0 spiro atoms. The molecule has 0 unspecified atom stereocenters. The number of allylic oxidation sites excluding steroid dienone is 2. The number of aromatic hydroxyl groups is 2. The van der Waals surface area contributed by atoms with Crippen LogP contribution in [0.15, 0.2) is 139 Å². The molecule has 54 heavy (non-hydrogen) atoms. The third kappa shape index (κ3) is 7.09. The first-order valence-corrected chi connectivity index (χ1v) is 24.1. The SMILES string of the molecule is CCCN(CCCP(I)(c1ccccc1)(c1ccccc1)c1ccccc1)c1ccc(C2=C(O)C(c3ccc(N(C(C)C)C(C)C)cc3O)=C2O)c(O)c1. The Bertz CT molecular complexity index is 2040. The zero-order valence-electron chi connectivity index (χ0n) is 31.8. The molecule has 0 amide bonds. The van der Waals surface area contributed by atoms with Crippen LogP contribution < -0.4 is 25.7 Å². The van der Waals surface area contributed by atoms with Gasteiger partial charge in [-0.05, 0) is 39.8 Å². The molecular formula is C46H52IN2O4P. The number of phenols is 2. The van der Waals surface area contributed by atoms with Gasteiger partial charge >= 0.3 is 256 Å². The van der Waals surface area contributed by atoms with Crippen LogP contribution in [0.5, 0.6) is 11.5 Å². The van der Waals surface area contributed by atoms with E-state index in [0.717, 1.165) is 43.5 Å². The third-order valence-corrected chi connectivity index (χ3v) is 22.3. The summed E-state index contributed by atoms with van der Waals surface area (Å²) >= 11 is 2.83. The summed E-state index contributed by atoms with van der Waals surface area (Å²) in [7, 11) is 0. The molecule has 0 radical (unpaired) electrons. The van der Waals surface area contributed by atoms with Gasteiger partial charge < -0.3 is 10.0 Å². The van der Waals surface area contributed by atoms with Crippen LogP contribution in [0.25, 0.3) is 11.1 Å². The molecule has 0 saturated carbocycles. The predicted molar refractivity (Wildman–Crippen MR) is 239 cm³/mol. The Morgan fingerprint density at radius 2 is 0.963 bits per heavy atom. The van der Waals surface area contributed by atoms with E-state index in [1.165, 1.54) is 15.9 Å². The topological polar surface area (TPSA) is 87.4 Å². The van der Waals surface area contributed by atoms with Crippen molar-refractivity contribution in [2.24, 2.45) is 0 Å². The molecule has 282 valence electrons. The number of phenolic OH excluding ortho intramolecular Hbond substituents is 2. The minimum absolute atomic E-state index is 0.0313. The van der Waals surface area contributed by atoms with Crippen molar-refractivity contribution in [2.45, 2.75) is 59.5 Å². The second-order valence-corrected chi connectivity index (χ2v) is 25.4. The van der Waals surface area contributed by atoms with E-state index in [9.17, 15) is 20.4 Å². The Morgan fingerprint density at radius 1 is 0.556 bits per heavy atom. The summed E-state index contributed by atoms with van der Waals surface area (Å²) in [6, 6.07) is 44.0. The summed E-state index contributed by atoms with van der Waals surface area (Å²) < 4.78 is -2.94. The summed E-state index contributed by atoms with van der Waals surface area (Å²) in [4.78, 5) is 4.50. The van der Waals surface area contributed by atoms with Crippen molar-refractivity contribution in [3.63, 3.8) is 0 Å². The molecular weight excluding hydrogens is 802 g/mol. The van der Waals surface area contributed by atoms with E-state index in [4.69, 9.17) is 0 Å². The number of anilines is 2. The number of hydrogen-bond acceptors (Lipinski definition) is 6. The first-order chi connectivity index (χ1) is 25.9. The van der Waals surface area contributed by atoms with E-state index < -0.39 is 4.25 Å². The Morgan fingerprint density at radius 3 is 1.35 bits per heavy atom. The van der Waals surface area contributed by atoms with Gasteiger partial charge in [0.15, 0.2) is 0 Å². The van der Waals surface area contributed by atoms with Gasteiger partial charge in [-0.2, -0.15) is 0 Å². The van der Waals surface area contributed by atoms with Gasteiger partial charge in [0.2, 0.25) is 0 Å². The van der Waals surface area contributed by atoms with Crippen molar-refractivity contribution in [3.05, 3.63) is 150 Å². The van der Waals surface area contributed by atoms with Gasteiger partial charge in [0.05, 0.1) is 0 Å². The number of nitrogens with zero attached hydrogens (tertiary/aromatic N) is 2. The van der Waals surface area contributed by atoms with E-state index in [-0.39, 0.29) is 46.2 Å². The Labute approximate surface area is 333 Å². The third-order valence-electron chi connectivity index (χ3n) is 10.6. The second kappa shape index (κ2) is 16.1. The fourth-order valence-electron chi connectivity index (χ4n) is 8.18. The number of rotatable bonds is 15. The van der Waals surface area contributed by atoms with Crippen molar-refractivity contribution < 1.29 is 20.4 Å². The molecule has 6 nitrogen and oxygen atoms in total. The van der Waals surface area contributed by atoms with E-state index in [1.807, 2.05) is 12.1 Å². The quantitative estimate of drug-likeness (QED) is 0.0620. The van der Waals surface area contributed by atoms with Crippen molar-refractivity contribution >= 4 is 64.7 Å². The van der Waals surface area contributed by atoms with Crippen molar-refractivity contribution in [2.75, 3.05) is 29.1 Å². The fourth-order valence-corrected chi connectivity index (χ4v) is 16.9. The average Bonchev–Trinajstić information content (AvgIpc) is 3.17. The van der Waals surface area contributed by atoms with E-state index in [0.29, 0.717) is 11.1 Å². The molecule has 0 fully saturated rings. The van der Waals surface area contributed by atoms with Gasteiger partial charge in [-0.15, -0.1) is 0 Å². The van der Waals surface area contributed by atoms with Gasteiger partial charge in [0.25, 0.3) is 0 Å². The van der Waals surface area contributed by atoms with Crippen molar-refractivity contribution in [3.8, 4) is 11.5 Å². The van der Waals surface area contributed by atoms with Gasteiger partial charge in [0, 0.05) is 23.8 Å². The molecule has 8 heteroatoms. The van der Waals surface area contributed by atoms with E-state index >= 15 is 0 Å². The predicted octanol–water partition coefficient (Wildman–Crippen LogP) is 10.5. The van der Waals surface area contributed by atoms with Crippen LogP contribution in [0.4, 0.5) is 11.4 Å². The fraction of sp³-hybridized carbons (Fsp3) is 0.261. The summed E-state index contributed by atoms with van der Waals surface area (Å²) in [5.74, 6) is -0.391. The van der Waals surface area contributed by atoms with E-state index in [2.05, 4.69) is 157 Å². The molecule has 0 bridgehead atoms. The normalized spacial score (nSPS) is 13.9. The zero-order valence-corrected chi connectivity index (χ0v) is 34.9. The van der Waals surface area contributed by atoms with Crippen molar-refractivity contribution in [1.29, 1.82) is 0 Å². The minimum atomic E-state index is -2.94. The molecule has 1 aliphatic carbocycles. The summed E-state index contributed by atoms with van der Waals surface area (Å²) in [5, 5.41) is 48.9. The Balaban J connectivity index is 1.27. The molecule has 5 aromatic carbocycles. The summed E-state index contributed by atoms with van der Waals surface area (Å²) in [5.41, 5.74) is 2.75. The number of benzene rings is 5. The van der Waals surface area contributed by atoms with Crippen molar-refractivity contribution in [1.82, 2.24) is 0 Å². The molecule has 6 rings (SSSR count). The summed E-state index contributed by atoms with van der Waals surface area (Å²) in [6.45, 7) is 12.1. The molecule has 0 heterocycles. The second-order valence-electron chi connectivity index (χ2n) is 14.7. The maximum atomic E-state index is 11.4. The average molecular weight is 855 g/mol. The van der Waals surface area contributed by atoms with Gasteiger partial charge in [0.1, 0.15) is 5.75 Å². The molecule has 1 aliphatic rings. The Hall–Kier alpha value is -4.46. The monoisotopic (exact) mass is 854 g/mol. The number of hydrogen-bond donors (Lipinski definition) is 4. The Kier molecular flexibility index (Phi) is 11.7. The van der Waals surface area contributed by atoms with Crippen LogP contribution in [0.3, 0.4) is 0 Å². The number of halogens is 1. The summed E-state index contributed by atoms with van der Waals surface area (Å²) in [6.07, 6.45) is 2.80. The first-order valence-electron chi connectivity index (χ1n) is 18.9. The van der Waals surface area contributed by atoms with E-state index in [1.54, 1.807) is 24.3 Å². The maximum absolute atomic E-state index is 11.4. The van der Waals surface area contributed by atoms with Crippen LogP contribution in [0.1, 0.15) is 58.6 Å². The van der Waals surface area contributed by atoms with Crippen LogP contribution >= 0.6 is 26.3 Å². The van der Waals surface area contributed by atoms with Gasteiger partial charge in [-0.1, -0.05) is 0 Å². The zero-order chi connectivity index (χ0) is 38.6. The standard InChI is InChI=1S/C46H52IN2O4P/c1-6-27-48(28-16-29-54(47,36-17-10-7-11-18-36,37-19-12-8-13-20-37)38-21-14-9-15-22-38)34-23-25-39(41(50)30-34)43-45(52)44(46(43)53)40-26-24-35(31-42(40)51)49(32(2)3)33(4)5/h7-15,17-26,30-33,50-53H,6,16,27-29H2,1-5H3. The van der Waals surface area contributed by atoms with Gasteiger partial charge in [-0.3, -0.25) is 0 Å². The first kappa shape index (κ1) is 39.2. The molecule has 0 saturated heterocycles. The van der Waals surface area contributed by atoms with Crippen LogP contribution in [0.2, 0.25) is 0 Å².